The van der Waals surface area contributed by atoms with Crippen molar-refractivity contribution in [3.63, 3.8) is 0 Å². The van der Waals surface area contributed by atoms with Gasteiger partial charge in [-0.2, -0.15) is 5.06 Å². The average Bonchev–Trinajstić information content (AvgIpc) is 2.31. The van der Waals surface area contributed by atoms with Crippen molar-refractivity contribution >= 4 is 11.3 Å². The molecule has 0 atom stereocenters. The van der Waals surface area contributed by atoms with E-state index in [4.69, 9.17) is 4.84 Å². The number of hydroxylamine groups is 2. The Morgan fingerprint density at radius 2 is 2.17 bits per heavy atom. The van der Waals surface area contributed by atoms with Gasteiger partial charge in [0, 0.05) is 11.9 Å². The standard InChI is InChI=1S/C8H14N2OS/c1-6-7(2)12-8(9-6)5-10(3)11-4/h5H2,1-4H3. The fourth-order valence-corrected chi connectivity index (χ4v) is 1.84. The van der Waals surface area contributed by atoms with Crippen molar-refractivity contribution in [2.75, 3.05) is 14.2 Å². The maximum atomic E-state index is 5.00. The van der Waals surface area contributed by atoms with Gasteiger partial charge in [-0.25, -0.2) is 4.98 Å². The van der Waals surface area contributed by atoms with E-state index < -0.39 is 0 Å². The van der Waals surface area contributed by atoms with E-state index in [1.807, 2.05) is 14.0 Å². The van der Waals surface area contributed by atoms with Crippen LogP contribution in [-0.2, 0) is 11.4 Å². The van der Waals surface area contributed by atoms with Crippen LogP contribution in [0.4, 0.5) is 0 Å². The van der Waals surface area contributed by atoms with Crippen LogP contribution in [0.15, 0.2) is 0 Å². The molecule has 4 heteroatoms. The molecule has 1 heterocycles. The maximum Gasteiger partial charge on any atom is 0.110 e. The van der Waals surface area contributed by atoms with Gasteiger partial charge >= 0.3 is 0 Å². The predicted molar refractivity (Wildman–Crippen MR) is 50.1 cm³/mol. The summed E-state index contributed by atoms with van der Waals surface area (Å²) in [5, 5.41) is 2.87. The van der Waals surface area contributed by atoms with Crippen LogP contribution >= 0.6 is 11.3 Å². The van der Waals surface area contributed by atoms with Gasteiger partial charge in [0.2, 0.25) is 0 Å². The van der Waals surface area contributed by atoms with Gasteiger partial charge in [0.25, 0.3) is 0 Å². The molecule has 0 radical (unpaired) electrons. The van der Waals surface area contributed by atoms with Gasteiger partial charge in [-0.1, -0.05) is 0 Å². The van der Waals surface area contributed by atoms with Gasteiger partial charge in [-0.05, 0) is 13.8 Å². The van der Waals surface area contributed by atoms with Gasteiger partial charge < -0.3 is 4.84 Å². The molecule has 0 aliphatic rings. The molecule has 1 aromatic rings. The Kier molecular flexibility index (Phi) is 3.20. The summed E-state index contributed by atoms with van der Waals surface area (Å²) in [5.41, 5.74) is 1.12. The topological polar surface area (TPSA) is 25.4 Å². The van der Waals surface area contributed by atoms with Crippen LogP contribution in [0, 0.1) is 13.8 Å². The smallest absolute Gasteiger partial charge is 0.110 e. The number of rotatable bonds is 3. The summed E-state index contributed by atoms with van der Waals surface area (Å²) in [6.07, 6.45) is 0. The molecular weight excluding hydrogens is 172 g/mol. The van der Waals surface area contributed by atoms with Crippen LogP contribution in [-0.4, -0.2) is 24.2 Å². The van der Waals surface area contributed by atoms with Gasteiger partial charge in [0.1, 0.15) is 5.01 Å². The Labute approximate surface area is 76.9 Å². The van der Waals surface area contributed by atoms with Crippen molar-refractivity contribution in [1.29, 1.82) is 0 Å². The first-order chi connectivity index (χ1) is 5.63. The molecule has 0 aliphatic carbocycles. The fraction of sp³-hybridized carbons (Fsp3) is 0.625. The number of aryl methyl sites for hydroxylation is 2. The van der Waals surface area contributed by atoms with E-state index in [9.17, 15) is 0 Å². The molecule has 1 rings (SSSR count). The number of hydrogen-bond acceptors (Lipinski definition) is 4. The van der Waals surface area contributed by atoms with E-state index in [0.29, 0.717) is 0 Å². The highest BCUT2D eigenvalue weighted by atomic mass is 32.1. The fourth-order valence-electron chi connectivity index (χ4n) is 0.862. The molecule has 3 nitrogen and oxygen atoms in total. The monoisotopic (exact) mass is 186 g/mol. The highest BCUT2D eigenvalue weighted by Gasteiger charge is 2.05. The van der Waals surface area contributed by atoms with Crippen LogP contribution in [0.25, 0.3) is 0 Å². The molecule has 0 amide bonds. The van der Waals surface area contributed by atoms with Crippen LogP contribution in [0.5, 0.6) is 0 Å². The minimum Gasteiger partial charge on any atom is -0.302 e. The van der Waals surface area contributed by atoms with Crippen LogP contribution < -0.4 is 0 Å². The van der Waals surface area contributed by atoms with E-state index in [1.165, 1.54) is 4.88 Å². The lowest BCUT2D eigenvalue weighted by Gasteiger charge is -2.10. The van der Waals surface area contributed by atoms with Crippen molar-refractivity contribution in [3.05, 3.63) is 15.6 Å². The van der Waals surface area contributed by atoms with Crippen molar-refractivity contribution in [2.45, 2.75) is 20.4 Å². The number of aromatic nitrogens is 1. The highest BCUT2D eigenvalue weighted by Crippen LogP contribution is 2.17. The van der Waals surface area contributed by atoms with E-state index >= 15 is 0 Å². The second kappa shape index (κ2) is 3.98. The van der Waals surface area contributed by atoms with Gasteiger partial charge in [0.15, 0.2) is 0 Å². The van der Waals surface area contributed by atoms with Gasteiger partial charge in [0.05, 0.1) is 19.3 Å². The quantitative estimate of drug-likeness (QED) is 0.672. The third kappa shape index (κ3) is 2.27. The summed E-state index contributed by atoms with van der Waals surface area (Å²) in [7, 11) is 3.55. The summed E-state index contributed by atoms with van der Waals surface area (Å²) < 4.78 is 0. The molecule has 0 N–H and O–H groups in total. The molecule has 1 aromatic heterocycles. The van der Waals surface area contributed by atoms with Gasteiger partial charge in [-0.3, -0.25) is 0 Å². The zero-order chi connectivity index (χ0) is 9.14. The SMILES string of the molecule is CON(C)Cc1nc(C)c(C)s1. The average molecular weight is 186 g/mol. The van der Waals surface area contributed by atoms with Crippen LogP contribution in [0.2, 0.25) is 0 Å². The summed E-state index contributed by atoms with van der Waals surface area (Å²) in [4.78, 5) is 10.7. The molecule has 0 unspecified atom stereocenters. The van der Waals surface area contributed by atoms with Crippen molar-refractivity contribution < 1.29 is 4.84 Å². The lowest BCUT2D eigenvalue weighted by Crippen LogP contribution is -2.15. The molecule has 0 aromatic carbocycles. The third-order valence-corrected chi connectivity index (χ3v) is 2.80. The van der Waals surface area contributed by atoms with Gasteiger partial charge in [-0.15, -0.1) is 11.3 Å². The minimum absolute atomic E-state index is 0.760. The minimum atomic E-state index is 0.760. The normalized spacial score (nSPS) is 11.1. The zero-order valence-electron chi connectivity index (χ0n) is 7.92. The van der Waals surface area contributed by atoms with Crippen molar-refractivity contribution in [3.8, 4) is 0 Å². The van der Waals surface area contributed by atoms with Crippen LogP contribution in [0.1, 0.15) is 15.6 Å². The predicted octanol–water partition coefficient (Wildman–Crippen LogP) is 1.75. The zero-order valence-corrected chi connectivity index (χ0v) is 8.73. The summed E-state index contributed by atoms with van der Waals surface area (Å²) >= 11 is 1.73. The molecule has 0 aliphatic heterocycles. The first-order valence-corrected chi connectivity index (χ1v) is 4.63. The Hall–Kier alpha value is -0.450. The van der Waals surface area contributed by atoms with Crippen molar-refractivity contribution in [2.24, 2.45) is 0 Å². The molecule has 0 bridgehead atoms. The molecule has 0 saturated carbocycles. The first kappa shape index (κ1) is 9.64. The van der Waals surface area contributed by atoms with E-state index in [2.05, 4.69) is 11.9 Å². The molecule has 0 saturated heterocycles. The summed E-state index contributed by atoms with van der Waals surface area (Å²) in [6.45, 7) is 4.88. The van der Waals surface area contributed by atoms with Crippen molar-refractivity contribution in [1.82, 2.24) is 10.0 Å². The van der Waals surface area contributed by atoms with E-state index in [-0.39, 0.29) is 0 Å². The third-order valence-electron chi connectivity index (χ3n) is 1.74. The number of hydrogen-bond donors (Lipinski definition) is 0. The Morgan fingerprint density at radius 1 is 1.50 bits per heavy atom. The lowest BCUT2D eigenvalue weighted by molar-refractivity contribution is -0.116. The largest absolute Gasteiger partial charge is 0.302 e. The first-order valence-electron chi connectivity index (χ1n) is 3.81. The summed E-state index contributed by atoms with van der Waals surface area (Å²) in [5.74, 6) is 0. The molecule has 68 valence electrons. The second-order valence-corrected chi connectivity index (χ2v) is 4.01. The highest BCUT2D eigenvalue weighted by molar-refractivity contribution is 7.11. The second-order valence-electron chi connectivity index (χ2n) is 2.72. The number of thiazole rings is 1. The molecule has 12 heavy (non-hydrogen) atoms. The maximum absolute atomic E-state index is 5.00. The molecular formula is C8H14N2OS. The molecule has 0 spiro atoms. The Morgan fingerprint density at radius 3 is 2.58 bits per heavy atom. The number of nitrogens with zero attached hydrogens (tertiary/aromatic N) is 2. The molecule has 0 fully saturated rings. The lowest BCUT2D eigenvalue weighted by atomic mass is 10.4. The van der Waals surface area contributed by atoms with E-state index in [1.54, 1.807) is 23.5 Å². The van der Waals surface area contributed by atoms with E-state index in [0.717, 1.165) is 17.2 Å². The Balaban J connectivity index is 2.64. The summed E-state index contributed by atoms with van der Waals surface area (Å²) in [6, 6.07) is 0. The van der Waals surface area contributed by atoms with Crippen LogP contribution in [0.3, 0.4) is 0 Å². The Bertz CT molecular complexity index is 240.